The van der Waals surface area contributed by atoms with Gasteiger partial charge < -0.3 is 10.1 Å². The highest BCUT2D eigenvalue weighted by Gasteiger charge is 2.19. The molecular formula is C18H16N2O2S. The van der Waals surface area contributed by atoms with Crippen LogP contribution in [0.1, 0.15) is 21.5 Å². The Morgan fingerprint density at radius 2 is 2.13 bits per heavy atom. The lowest BCUT2D eigenvalue weighted by atomic mass is 9.99. The van der Waals surface area contributed by atoms with Crippen molar-refractivity contribution < 1.29 is 9.53 Å². The minimum Gasteiger partial charge on any atom is -0.371 e. The Morgan fingerprint density at radius 1 is 1.26 bits per heavy atom. The number of hydrogen-bond donors (Lipinski definition) is 1. The molecule has 0 saturated heterocycles. The number of thiazole rings is 1. The summed E-state index contributed by atoms with van der Waals surface area (Å²) in [5.74, 6) is -0.0669. The summed E-state index contributed by atoms with van der Waals surface area (Å²) < 4.78 is 6.85. The van der Waals surface area contributed by atoms with Gasteiger partial charge in [-0.2, -0.15) is 0 Å². The molecule has 5 heteroatoms. The fourth-order valence-corrected chi connectivity index (χ4v) is 3.56. The van der Waals surface area contributed by atoms with Gasteiger partial charge in [-0.05, 0) is 29.3 Å². The molecule has 0 spiro atoms. The van der Waals surface area contributed by atoms with Crippen LogP contribution in [0.4, 0.5) is 0 Å². The fourth-order valence-electron chi connectivity index (χ4n) is 2.85. The van der Waals surface area contributed by atoms with E-state index < -0.39 is 0 Å². The van der Waals surface area contributed by atoms with Crippen molar-refractivity contribution in [1.29, 1.82) is 0 Å². The number of aromatic nitrogens is 1. The van der Waals surface area contributed by atoms with Crippen molar-refractivity contribution in [2.75, 3.05) is 6.54 Å². The molecule has 1 aliphatic rings. The Morgan fingerprint density at radius 3 is 3.04 bits per heavy atom. The minimum absolute atomic E-state index is 0.0287. The van der Waals surface area contributed by atoms with Gasteiger partial charge in [0.05, 0.1) is 28.4 Å². The van der Waals surface area contributed by atoms with E-state index >= 15 is 0 Å². The number of nitrogens with zero attached hydrogens (tertiary/aromatic N) is 1. The average molecular weight is 324 g/mol. The Labute approximate surface area is 138 Å². The molecule has 1 unspecified atom stereocenters. The smallest absolute Gasteiger partial charge is 0.251 e. The van der Waals surface area contributed by atoms with Crippen LogP contribution in [0.3, 0.4) is 0 Å². The molecule has 4 rings (SSSR count). The normalized spacial score (nSPS) is 17.0. The molecule has 1 atom stereocenters. The molecule has 3 aromatic rings. The van der Waals surface area contributed by atoms with Gasteiger partial charge in [0.25, 0.3) is 5.91 Å². The highest BCUT2D eigenvalue weighted by atomic mass is 32.1. The second-order valence-electron chi connectivity index (χ2n) is 5.65. The van der Waals surface area contributed by atoms with Crippen LogP contribution >= 0.6 is 11.3 Å². The van der Waals surface area contributed by atoms with Gasteiger partial charge in [-0.25, -0.2) is 4.98 Å². The molecular weight excluding hydrogens is 308 g/mol. The van der Waals surface area contributed by atoms with Crippen molar-refractivity contribution in [1.82, 2.24) is 10.3 Å². The maximum Gasteiger partial charge on any atom is 0.251 e. The van der Waals surface area contributed by atoms with Crippen LogP contribution in [0.5, 0.6) is 0 Å². The zero-order valence-electron chi connectivity index (χ0n) is 12.5. The van der Waals surface area contributed by atoms with E-state index in [1.165, 1.54) is 11.1 Å². The highest BCUT2D eigenvalue weighted by Crippen LogP contribution is 2.21. The van der Waals surface area contributed by atoms with Gasteiger partial charge in [0.1, 0.15) is 0 Å². The number of nitrogens with one attached hydrogen (secondary N) is 1. The molecule has 0 fully saturated rings. The molecule has 1 aromatic heterocycles. The summed E-state index contributed by atoms with van der Waals surface area (Å²) in [5.41, 5.74) is 5.94. The molecule has 0 bridgehead atoms. The largest absolute Gasteiger partial charge is 0.371 e. The molecule has 0 saturated carbocycles. The van der Waals surface area contributed by atoms with Crippen LogP contribution < -0.4 is 5.32 Å². The molecule has 0 radical (unpaired) electrons. The molecule has 116 valence electrons. The number of carbonyl (C=O) groups excluding carboxylic acids is 1. The predicted octanol–water partition coefficient (Wildman–Crippen LogP) is 3.17. The molecule has 1 aliphatic heterocycles. The Balaban J connectivity index is 1.40. The first-order chi connectivity index (χ1) is 11.3. The van der Waals surface area contributed by atoms with E-state index in [2.05, 4.69) is 22.4 Å². The lowest BCUT2D eigenvalue weighted by molar-refractivity contribution is 0.0285. The summed E-state index contributed by atoms with van der Waals surface area (Å²) in [7, 11) is 0. The highest BCUT2D eigenvalue weighted by molar-refractivity contribution is 7.16. The quantitative estimate of drug-likeness (QED) is 0.805. The fraction of sp³-hybridized carbons (Fsp3) is 0.222. The molecule has 0 aliphatic carbocycles. The summed E-state index contributed by atoms with van der Waals surface area (Å²) in [4.78, 5) is 16.5. The maximum absolute atomic E-state index is 12.3. The van der Waals surface area contributed by atoms with Crippen LogP contribution in [0.2, 0.25) is 0 Å². The van der Waals surface area contributed by atoms with Crippen molar-refractivity contribution in [3.8, 4) is 0 Å². The lowest BCUT2D eigenvalue weighted by Gasteiger charge is -2.25. The number of amides is 1. The summed E-state index contributed by atoms with van der Waals surface area (Å²) in [5, 5.41) is 2.98. The lowest BCUT2D eigenvalue weighted by Crippen LogP contribution is -2.36. The third kappa shape index (κ3) is 2.98. The Hall–Kier alpha value is -2.24. The maximum atomic E-state index is 12.3. The number of rotatable bonds is 3. The zero-order chi connectivity index (χ0) is 15.6. The number of fused-ring (bicyclic) bond motifs is 2. The van der Waals surface area contributed by atoms with Crippen molar-refractivity contribution in [3.05, 3.63) is 64.7 Å². The second-order valence-corrected chi connectivity index (χ2v) is 6.54. The first kappa shape index (κ1) is 14.4. The van der Waals surface area contributed by atoms with Crippen LogP contribution in [0.25, 0.3) is 10.2 Å². The van der Waals surface area contributed by atoms with Crippen LogP contribution in [-0.4, -0.2) is 23.5 Å². The summed E-state index contributed by atoms with van der Waals surface area (Å²) in [6.07, 6.45) is 0.866. The van der Waals surface area contributed by atoms with Crippen LogP contribution in [0.15, 0.2) is 48.0 Å². The van der Waals surface area contributed by atoms with Gasteiger partial charge in [0.2, 0.25) is 0 Å². The number of hydrogen-bond acceptors (Lipinski definition) is 4. The standard InChI is InChI=1S/C18H16N2O2S/c21-18(13-5-6-16-17(8-13)23-11-20-16)19-9-15-7-12-3-1-2-4-14(12)10-22-15/h1-6,8,11,15H,7,9-10H2,(H,19,21). The van der Waals surface area contributed by atoms with Gasteiger partial charge in [-0.15, -0.1) is 11.3 Å². The molecule has 2 aromatic carbocycles. The monoisotopic (exact) mass is 324 g/mol. The SMILES string of the molecule is O=C(NCC1Cc2ccccc2CO1)c1ccc2ncsc2c1. The van der Waals surface area contributed by atoms with Crippen molar-refractivity contribution in [3.63, 3.8) is 0 Å². The molecule has 4 nitrogen and oxygen atoms in total. The topological polar surface area (TPSA) is 51.2 Å². The van der Waals surface area contributed by atoms with E-state index in [1.54, 1.807) is 16.8 Å². The van der Waals surface area contributed by atoms with E-state index in [9.17, 15) is 4.79 Å². The predicted molar refractivity (Wildman–Crippen MR) is 90.7 cm³/mol. The van der Waals surface area contributed by atoms with E-state index in [4.69, 9.17) is 4.74 Å². The molecule has 1 amide bonds. The van der Waals surface area contributed by atoms with Gasteiger partial charge in [0.15, 0.2) is 0 Å². The number of ether oxygens (including phenoxy) is 1. The summed E-state index contributed by atoms with van der Waals surface area (Å²) >= 11 is 1.54. The number of benzene rings is 2. The summed E-state index contributed by atoms with van der Waals surface area (Å²) in [6.45, 7) is 1.14. The molecule has 2 heterocycles. The van der Waals surface area contributed by atoms with Gasteiger partial charge in [-0.1, -0.05) is 24.3 Å². The molecule has 1 N–H and O–H groups in total. The van der Waals surface area contributed by atoms with E-state index in [1.807, 2.05) is 30.3 Å². The average Bonchev–Trinajstić information content (AvgIpc) is 3.07. The van der Waals surface area contributed by atoms with E-state index in [0.29, 0.717) is 18.7 Å². The van der Waals surface area contributed by atoms with E-state index in [-0.39, 0.29) is 12.0 Å². The first-order valence-electron chi connectivity index (χ1n) is 7.59. The van der Waals surface area contributed by atoms with E-state index in [0.717, 1.165) is 16.6 Å². The van der Waals surface area contributed by atoms with Gasteiger partial charge in [-0.3, -0.25) is 4.79 Å². The third-order valence-corrected chi connectivity index (χ3v) is 4.92. The van der Waals surface area contributed by atoms with Gasteiger partial charge in [0, 0.05) is 18.5 Å². The van der Waals surface area contributed by atoms with Crippen molar-refractivity contribution in [2.24, 2.45) is 0 Å². The van der Waals surface area contributed by atoms with Gasteiger partial charge >= 0.3 is 0 Å². The zero-order valence-corrected chi connectivity index (χ0v) is 13.3. The summed E-state index contributed by atoms with van der Waals surface area (Å²) in [6, 6.07) is 13.9. The Kier molecular flexibility index (Phi) is 3.81. The number of carbonyl (C=O) groups is 1. The van der Waals surface area contributed by atoms with Crippen molar-refractivity contribution >= 4 is 27.5 Å². The Bertz CT molecular complexity index is 859. The first-order valence-corrected chi connectivity index (χ1v) is 8.47. The minimum atomic E-state index is -0.0669. The second kappa shape index (κ2) is 6.10. The van der Waals surface area contributed by atoms with Crippen LogP contribution in [-0.2, 0) is 17.8 Å². The van der Waals surface area contributed by atoms with Crippen LogP contribution in [0, 0.1) is 0 Å². The van der Waals surface area contributed by atoms with Crippen molar-refractivity contribution in [2.45, 2.75) is 19.1 Å². The third-order valence-electron chi connectivity index (χ3n) is 4.12. The molecule has 23 heavy (non-hydrogen) atoms.